The molecule has 0 aliphatic heterocycles. The van der Waals surface area contributed by atoms with E-state index in [-0.39, 0.29) is 11.6 Å². The number of carbonyl (C=O) groups is 2. The van der Waals surface area contributed by atoms with Gasteiger partial charge in [0.25, 0.3) is 0 Å². The van der Waals surface area contributed by atoms with Crippen LogP contribution >= 0.6 is 0 Å². The average Bonchev–Trinajstić information content (AvgIpc) is 2.67. The summed E-state index contributed by atoms with van der Waals surface area (Å²) in [5.41, 5.74) is 1.99. The maximum Gasteiger partial charge on any atom is 0.159 e. The van der Waals surface area contributed by atoms with E-state index in [2.05, 4.69) is 6.92 Å². The Bertz CT molecular complexity index is 348. The van der Waals surface area contributed by atoms with Gasteiger partial charge in [-0.2, -0.15) is 0 Å². The topological polar surface area (TPSA) is 34.1 Å². The van der Waals surface area contributed by atoms with E-state index in [1.165, 1.54) is 0 Å². The second-order valence-corrected chi connectivity index (χ2v) is 4.54. The van der Waals surface area contributed by atoms with E-state index < -0.39 is 0 Å². The molecule has 0 aromatic heterocycles. The van der Waals surface area contributed by atoms with Gasteiger partial charge in [0.15, 0.2) is 11.6 Å². The molecule has 0 fully saturated rings. The third kappa shape index (κ3) is 4.29. The first-order valence-corrected chi connectivity index (χ1v) is 6.65. The lowest BCUT2D eigenvalue weighted by Gasteiger charge is -1.98. The van der Waals surface area contributed by atoms with E-state index >= 15 is 0 Å². The minimum atomic E-state index is 0.181. The summed E-state index contributed by atoms with van der Waals surface area (Å²) in [5, 5.41) is 0. The van der Waals surface area contributed by atoms with Gasteiger partial charge < -0.3 is 0 Å². The van der Waals surface area contributed by atoms with Crippen molar-refractivity contribution in [1.29, 1.82) is 0 Å². The molecule has 0 N–H and O–H groups in total. The largest absolute Gasteiger partial charge is 0.295 e. The molecule has 0 atom stereocenters. The van der Waals surface area contributed by atoms with Crippen molar-refractivity contribution in [1.82, 2.24) is 0 Å². The van der Waals surface area contributed by atoms with Crippen LogP contribution in [0.2, 0.25) is 0 Å². The fourth-order valence-corrected chi connectivity index (χ4v) is 2.16. The highest BCUT2D eigenvalue weighted by Gasteiger charge is 2.19. The molecule has 0 amide bonds. The normalized spacial score (nSPS) is 16.2. The number of ketones is 2. The fraction of sp³-hybridized carbons (Fsp3) is 0.600. The molecule has 0 bridgehead atoms. The number of unbranched alkanes of at least 4 members (excludes halogenated alkanes) is 2. The van der Waals surface area contributed by atoms with Crippen molar-refractivity contribution in [2.24, 2.45) is 0 Å². The molecular formula is C15H22O2. The lowest BCUT2D eigenvalue weighted by molar-refractivity contribution is -0.115. The summed E-state index contributed by atoms with van der Waals surface area (Å²) in [6.07, 6.45) is 9.57. The monoisotopic (exact) mass is 234 g/mol. The maximum atomic E-state index is 11.6. The molecule has 1 rings (SSSR count). The van der Waals surface area contributed by atoms with E-state index in [4.69, 9.17) is 0 Å². The number of allylic oxidation sites excluding steroid dienone is 4. The first-order valence-electron chi connectivity index (χ1n) is 6.65. The van der Waals surface area contributed by atoms with E-state index in [9.17, 15) is 9.59 Å². The Labute approximate surface area is 104 Å². The van der Waals surface area contributed by atoms with Gasteiger partial charge in [-0.1, -0.05) is 32.8 Å². The SMILES string of the molecule is CCCCCC(=O)C=CC1=C(CC)C(=O)CC1. The minimum absolute atomic E-state index is 0.181. The highest BCUT2D eigenvalue weighted by atomic mass is 16.1. The number of carbonyl (C=O) groups excluding carboxylic acids is 2. The van der Waals surface area contributed by atoms with Crippen LogP contribution in [-0.4, -0.2) is 11.6 Å². The standard InChI is InChI=1S/C15H22O2/c1-3-5-6-7-13(16)10-8-12-9-11-15(17)14(12)4-2/h8,10H,3-7,9,11H2,1-2H3. The number of hydrogen-bond donors (Lipinski definition) is 0. The average molecular weight is 234 g/mol. The van der Waals surface area contributed by atoms with Crippen LogP contribution < -0.4 is 0 Å². The molecule has 0 saturated carbocycles. The Balaban J connectivity index is 2.50. The lowest BCUT2D eigenvalue weighted by Crippen LogP contribution is -1.94. The highest BCUT2D eigenvalue weighted by Crippen LogP contribution is 2.26. The first-order chi connectivity index (χ1) is 8.19. The molecule has 0 aromatic rings. The van der Waals surface area contributed by atoms with Crippen LogP contribution in [0.25, 0.3) is 0 Å². The summed E-state index contributed by atoms with van der Waals surface area (Å²) in [7, 11) is 0. The highest BCUT2D eigenvalue weighted by molar-refractivity contribution is 5.99. The van der Waals surface area contributed by atoms with Crippen LogP contribution in [0.5, 0.6) is 0 Å². The van der Waals surface area contributed by atoms with Crippen molar-refractivity contribution >= 4 is 11.6 Å². The van der Waals surface area contributed by atoms with Crippen molar-refractivity contribution in [3.8, 4) is 0 Å². The Morgan fingerprint density at radius 2 is 2.00 bits per heavy atom. The molecule has 0 unspecified atom stereocenters. The zero-order valence-electron chi connectivity index (χ0n) is 10.9. The molecule has 0 saturated heterocycles. The maximum absolute atomic E-state index is 11.6. The second kappa shape index (κ2) is 7.21. The lowest BCUT2D eigenvalue weighted by atomic mass is 10.1. The molecule has 1 aliphatic rings. The van der Waals surface area contributed by atoms with Crippen molar-refractivity contribution in [3.63, 3.8) is 0 Å². The molecule has 0 radical (unpaired) electrons. The van der Waals surface area contributed by atoms with Gasteiger partial charge in [0.2, 0.25) is 0 Å². The van der Waals surface area contributed by atoms with Gasteiger partial charge in [-0.05, 0) is 36.5 Å². The molecule has 0 spiro atoms. The predicted octanol–water partition coefficient (Wildman–Crippen LogP) is 3.76. The quantitative estimate of drug-likeness (QED) is 0.496. The molecule has 1 aliphatic carbocycles. The number of rotatable bonds is 7. The Morgan fingerprint density at radius 1 is 1.24 bits per heavy atom. The first kappa shape index (κ1) is 13.9. The number of Topliss-reactive ketones (excluding diaryl/α,β-unsaturated/α-hetero) is 1. The predicted molar refractivity (Wildman–Crippen MR) is 69.8 cm³/mol. The van der Waals surface area contributed by atoms with Crippen molar-refractivity contribution in [3.05, 3.63) is 23.3 Å². The molecule has 94 valence electrons. The molecule has 0 heterocycles. The zero-order chi connectivity index (χ0) is 12.7. The van der Waals surface area contributed by atoms with Crippen LogP contribution in [-0.2, 0) is 9.59 Å². The summed E-state index contributed by atoms with van der Waals surface area (Å²) < 4.78 is 0. The third-order valence-electron chi connectivity index (χ3n) is 3.20. The summed E-state index contributed by atoms with van der Waals surface area (Å²) in [5.74, 6) is 0.436. The zero-order valence-corrected chi connectivity index (χ0v) is 10.9. The van der Waals surface area contributed by atoms with Crippen LogP contribution in [0.15, 0.2) is 23.3 Å². The summed E-state index contributed by atoms with van der Waals surface area (Å²) >= 11 is 0. The molecule has 0 aromatic carbocycles. The van der Waals surface area contributed by atoms with Gasteiger partial charge in [-0.25, -0.2) is 0 Å². The molecule has 2 nitrogen and oxygen atoms in total. The Morgan fingerprint density at radius 3 is 2.65 bits per heavy atom. The van der Waals surface area contributed by atoms with Gasteiger partial charge >= 0.3 is 0 Å². The second-order valence-electron chi connectivity index (χ2n) is 4.54. The molecular weight excluding hydrogens is 212 g/mol. The van der Waals surface area contributed by atoms with Gasteiger partial charge in [0, 0.05) is 12.8 Å². The Hall–Kier alpha value is -1.18. The van der Waals surface area contributed by atoms with Crippen molar-refractivity contribution < 1.29 is 9.59 Å². The summed E-state index contributed by atoms with van der Waals surface area (Å²) in [4.78, 5) is 23.1. The van der Waals surface area contributed by atoms with Crippen LogP contribution in [0.1, 0.15) is 58.8 Å². The van der Waals surface area contributed by atoms with E-state index in [0.717, 1.165) is 43.3 Å². The van der Waals surface area contributed by atoms with Gasteiger partial charge in [-0.3, -0.25) is 9.59 Å². The Kier molecular flexibility index (Phi) is 5.88. The van der Waals surface area contributed by atoms with Crippen LogP contribution in [0, 0.1) is 0 Å². The molecule has 17 heavy (non-hydrogen) atoms. The number of hydrogen-bond acceptors (Lipinski definition) is 2. The van der Waals surface area contributed by atoms with Gasteiger partial charge in [-0.15, -0.1) is 0 Å². The summed E-state index contributed by atoms with van der Waals surface area (Å²) in [6.45, 7) is 4.12. The minimum Gasteiger partial charge on any atom is -0.295 e. The van der Waals surface area contributed by atoms with E-state index in [0.29, 0.717) is 12.8 Å². The smallest absolute Gasteiger partial charge is 0.159 e. The van der Waals surface area contributed by atoms with Crippen molar-refractivity contribution in [2.45, 2.75) is 58.8 Å². The van der Waals surface area contributed by atoms with E-state index in [1.807, 2.05) is 13.0 Å². The van der Waals surface area contributed by atoms with Gasteiger partial charge in [0.1, 0.15) is 0 Å². The van der Waals surface area contributed by atoms with Gasteiger partial charge in [0.05, 0.1) is 0 Å². The third-order valence-corrected chi connectivity index (χ3v) is 3.20. The molecule has 2 heteroatoms. The fourth-order valence-electron chi connectivity index (χ4n) is 2.16. The van der Waals surface area contributed by atoms with E-state index in [1.54, 1.807) is 6.08 Å². The van der Waals surface area contributed by atoms with Crippen LogP contribution in [0.4, 0.5) is 0 Å². The summed E-state index contributed by atoms with van der Waals surface area (Å²) in [6, 6.07) is 0. The van der Waals surface area contributed by atoms with Crippen LogP contribution in [0.3, 0.4) is 0 Å². The van der Waals surface area contributed by atoms with Crippen molar-refractivity contribution in [2.75, 3.05) is 0 Å².